The van der Waals surface area contributed by atoms with E-state index in [2.05, 4.69) is 6.07 Å². The number of aliphatic carboxylic acids is 1. The van der Waals surface area contributed by atoms with Crippen molar-refractivity contribution in [2.24, 2.45) is 0 Å². The van der Waals surface area contributed by atoms with E-state index in [-0.39, 0.29) is 6.42 Å². The first-order valence-corrected chi connectivity index (χ1v) is 6.49. The fourth-order valence-electron chi connectivity index (χ4n) is 2.11. The molecule has 0 heterocycles. The normalized spacial score (nSPS) is 10.0. The molecule has 0 aliphatic carbocycles. The highest BCUT2D eigenvalue weighted by Crippen LogP contribution is 2.30. The Morgan fingerprint density at radius 1 is 1.25 bits per heavy atom. The molecule has 3 nitrogen and oxygen atoms in total. The maximum Gasteiger partial charge on any atom is 0.303 e. The molecule has 0 radical (unpaired) electrons. The zero-order valence-electron chi connectivity index (χ0n) is 10.6. The van der Waals surface area contributed by atoms with Crippen molar-refractivity contribution in [2.75, 3.05) is 0 Å². The van der Waals surface area contributed by atoms with Gasteiger partial charge < -0.3 is 5.11 Å². The van der Waals surface area contributed by atoms with Gasteiger partial charge in [0, 0.05) is 11.4 Å². The lowest BCUT2D eigenvalue weighted by Gasteiger charge is -2.12. The summed E-state index contributed by atoms with van der Waals surface area (Å²) < 4.78 is 0. The third kappa shape index (κ3) is 3.17. The largest absolute Gasteiger partial charge is 0.481 e. The predicted octanol–water partition coefficient (Wildman–Crippen LogP) is 3.90. The van der Waals surface area contributed by atoms with E-state index in [4.69, 9.17) is 16.7 Å². The monoisotopic (exact) mass is 285 g/mol. The predicted molar refractivity (Wildman–Crippen MR) is 77.6 cm³/mol. The van der Waals surface area contributed by atoms with Crippen LogP contribution in [0.25, 0.3) is 11.1 Å². The molecule has 20 heavy (non-hydrogen) atoms. The van der Waals surface area contributed by atoms with Crippen LogP contribution in [0.2, 0.25) is 5.02 Å². The Kier molecular flexibility index (Phi) is 4.39. The number of rotatable bonds is 4. The van der Waals surface area contributed by atoms with Crippen LogP contribution in [0.1, 0.15) is 17.5 Å². The summed E-state index contributed by atoms with van der Waals surface area (Å²) in [6.07, 6.45) is 0.287. The topological polar surface area (TPSA) is 61.1 Å². The molecule has 2 aromatic carbocycles. The van der Waals surface area contributed by atoms with Crippen LogP contribution in [-0.4, -0.2) is 11.1 Å². The summed E-state index contributed by atoms with van der Waals surface area (Å²) in [5.74, 6) is -0.886. The van der Waals surface area contributed by atoms with E-state index in [1.165, 1.54) is 0 Å². The first-order chi connectivity index (χ1) is 9.61. The molecule has 0 amide bonds. The molecule has 2 aromatic rings. The van der Waals surface area contributed by atoms with Gasteiger partial charge in [-0.1, -0.05) is 41.9 Å². The van der Waals surface area contributed by atoms with Gasteiger partial charge in [0.05, 0.1) is 11.6 Å². The van der Waals surface area contributed by atoms with E-state index in [0.29, 0.717) is 17.0 Å². The van der Waals surface area contributed by atoms with Gasteiger partial charge in [-0.25, -0.2) is 0 Å². The third-order valence-electron chi connectivity index (χ3n) is 3.01. The Labute approximate surface area is 122 Å². The van der Waals surface area contributed by atoms with Crippen molar-refractivity contribution in [2.45, 2.75) is 12.8 Å². The number of hydrogen-bond acceptors (Lipinski definition) is 2. The van der Waals surface area contributed by atoms with E-state index in [9.17, 15) is 10.1 Å². The SMILES string of the molecule is N#Cc1cc(Cl)cc(-c2ccccc2)c1CCC(=O)O. The Bertz CT molecular complexity index is 675. The van der Waals surface area contributed by atoms with Crippen LogP contribution in [0.5, 0.6) is 0 Å². The van der Waals surface area contributed by atoms with Crippen molar-refractivity contribution in [1.29, 1.82) is 5.26 Å². The molecule has 2 rings (SSSR count). The maximum absolute atomic E-state index is 10.8. The zero-order chi connectivity index (χ0) is 14.5. The standard InChI is InChI=1S/C16H12ClNO2/c17-13-8-12(10-18)14(6-7-16(19)20)15(9-13)11-4-2-1-3-5-11/h1-5,8-9H,6-7H2,(H,19,20). The molecule has 0 aliphatic rings. The number of nitrogens with zero attached hydrogens (tertiary/aromatic N) is 1. The molecule has 0 bridgehead atoms. The lowest BCUT2D eigenvalue weighted by molar-refractivity contribution is -0.136. The average Bonchev–Trinajstić information content (AvgIpc) is 2.45. The second kappa shape index (κ2) is 6.23. The zero-order valence-corrected chi connectivity index (χ0v) is 11.4. The Hall–Kier alpha value is -2.31. The summed E-state index contributed by atoms with van der Waals surface area (Å²) in [6, 6.07) is 15.0. The van der Waals surface area contributed by atoms with Crippen molar-refractivity contribution >= 4 is 17.6 Å². The molecule has 0 saturated carbocycles. The fourth-order valence-corrected chi connectivity index (χ4v) is 2.33. The van der Waals surface area contributed by atoms with E-state index in [0.717, 1.165) is 16.7 Å². The number of nitriles is 1. The molecule has 0 atom stereocenters. The number of carboxylic acids is 1. The summed E-state index contributed by atoms with van der Waals surface area (Å²) in [5, 5.41) is 18.5. The summed E-state index contributed by atoms with van der Waals surface area (Å²) in [6.45, 7) is 0. The van der Waals surface area contributed by atoms with Crippen LogP contribution >= 0.6 is 11.6 Å². The highest BCUT2D eigenvalue weighted by Gasteiger charge is 2.13. The number of halogens is 1. The number of carboxylic acid groups (broad SMARTS) is 1. The van der Waals surface area contributed by atoms with Gasteiger partial charge in [-0.3, -0.25) is 4.79 Å². The lowest BCUT2D eigenvalue weighted by Crippen LogP contribution is -2.01. The molecule has 1 N–H and O–H groups in total. The highest BCUT2D eigenvalue weighted by molar-refractivity contribution is 6.31. The van der Waals surface area contributed by atoms with Crippen molar-refractivity contribution in [3.63, 3.8) is 0 Å². The fraction of sp³-hybridized carbons (Fsp3) is 0.125. The molecule has 4 heteroatoms. The van der Waals surface area contributed by atoms with Crippen molar-refractivity contribution in [1.82, 2.24) is 0 Å². The lowest BCUT2D eigenvalue weighted by atomic mass is 9.93. The molecule has 0 aliphatic heterocycles. The summed E-state index contributed by atoms with van der Waals surface area (Å²) in [5.41, 5.74) is 2.89. The molecule has 100 valence electrons. The molecular weight excluding hydrogens is 274 g/mol. The maximum atomic E-state index is 10.8. The van der Waals surface area contributed by atoms with Gasteiger partial charge >= 0.3 is 5.97 Å². The van der Waals surface area contributed by atoms with Gasteiger partial charge in [0.2, 0.25) is 0 Å². The second-order valence-corrected chi connectivity index (χ2v) is 4.79. The van der Waals surface area contributed by atoms with Crippen molar-refractivity contribution in [3.05, 3.63) is 58.6 Å². The van der Waals surface area contributed by atoms with Crippen LogP contribution in [-0.2, 0) is 11.2 Å². The first-order valence-electron chi connectivity index (χ1n) is 6.11. The van der Waals surface area contributed by atoms with Crippen molar-refractivity contribution < 1.29 is 9.90 Å². The van der Waals surface area contributed by atoms with Gasteiger partial charge in [-0.15, -0.1) is 0 Å². The molecular formula is C16H12ClNO2. The van der Waals surface area contributed by atoms with Crippen LogP contribution < -0.4 is 0 Å². The average molecular weight is 286 g/mol. The summed E-state index contributed by atoms with van der Waals surface area (Å²) >= 11 is 6.05. The first kappa shape index (κ1) is 14.1. The quantitative estimate of drug-likeness (QED) is 0.927. The summed E-state index contributed by atoms with van der Waals surface area (Å²) in [4.78, 5) is 10.8. The van der Waals surface area contributed by atoms with E-state index < -0.39 is 5.97 Å². The second-order valence-electron chi connectivity index (χ2n) is 4.35. The Balaban J connectivity index is 2.56. The van der Waals surface area contributed by atoms with Crippen molar-refractivity contribution in [3.8, 4) is 17.2 Å². The van der Waals surface area contributed by atoms with Crippen LogP contribution in [0, 0.1) is 11.3 Å². The van der Waals surface area contributed by atoms with Gasteiger partial charge in [-0.2, -0.15) is 5.26 Å². The summed E-state index contributed by atoms with van der Waals surface area (Å²) in [7, 11) is 0. The van der Waals surface area contributed by atoms with Gasteiger partial charge in [-0.05, 0) is 35.2 Å². The molecule has 0 unspecified atom stereocenters. The van der Waals surface area contributed by atoms with Crippen LogP contribution in [0.4, 0.5) is 0 Å². The number of hydrogen-bond donors (Lipinski definition) is 1. The Morgan fingerprint density at radius 2 is 1.95 bits per heavy atom. The van der Waals surface area contributed by atoms with Gasteiger partial charge in [0.15, 0.2) is 0 Å². The minimum absolute atomic E-state index is 0.0177. The van der Waals surface area contributed by atoms with E-state index in [1.807, 2.05) is 30.3 Å². The van der Waals surface area contributed by atoms with E-state index >= 15 is 0 Å². The van der Waals surface area contributed by atoms with Crippen LogP contribution in [0.3, 0.4) is 0 Å². The Morgan fingerprint density at radius 3 is 2.55 bits per heavy atom. The minimum atomic E-state index is -0.886. The molecule has 0 saturated heterocycles. The molecule has 0 aromatic heterocycles. The third-order valence-corrected chi connectivity index (χ3v) is 3.23. The van der Waals surface area contributed by atoms with Gasteiger partial charge in [0.25, 0.3) is 0 Å². The number of carbonyl (C=O) groups is 1. The van der Waals surface area contributed by atoms with Crippen LogP contribution in [0.15, 0.2) is 42.5 Å². The molecule has 0 fully saturated rings. The molecule has 0 spiro atoms. The smallest absolute Gasteiger partial charge is 0.303 e. The van der Waals surface area contributed by atoms with Gasteiger partial charge in [0.1, 0.15) is 0 Å². The highest BCUT2D eigenvalue weighted by atomic mass is 35.5. The number of benzene rings is 2. The van der Waals surface area contributed by atoms with E-state index in [1.54, 1.807) is 12.1 Å². The minimum Gasteiger partial charge on any atom is -0.481 e.